The molecule has 1 atom stereocenters. The SMILES string of the molecule is CCNC(=O)c1ccc(CNC(=NC)NC2CCN(C(=O)C3CCCC3)C2)cc1.I. The van der Waals surface area contributed by atoms with Crippen LogP contribution in [0.2, 0.25) is 0 Å². The summed E-state index contributed by atoms with van der Waals surface area (Å²) >= 11 is 0. The molecule has 30 heavy (non-hydrogen) atoms. The third kappa shape index (κ3) is 6.58. The van der Waals surface area contributed by atoms with E-state index in [0.29, 0.717) is 24.6 Å². The van der Waals surface area contributed by atoms with Gasteiger partial charge in [0.25, 0.3) is 5.91 Å². The number of likely N-dealkylation sites (tertiary alicyclic amines) is 1. The lowest BCUT2D eigenvalue weighted by Gasteiger charge is -2.21. The van der Waals surface area contributed by atoms with Crippen molar-refractivity contribution in [3.8, 4) is 0 Å². The number of nitrogens with one attached hydrogen (secondary N) is 3. The molecule has 7 nitrogen and oxygen atoms in total. The Labute approximate surface area is 196 Å². The maximum Gasteiger partial charge on any atom is 0.251 e. The Kier molecular flexibility index (Phi) is 9.87. The number of aliphatic imine (C=N–C) groups is 1. The van der Waals surface area contributed by atoms with E-state index in [1.165, 1.54) is 12.8 Å². The Bertz CT molecular complexity index is 732. The highest BCUT2D eigenvalue weighted by atomic mass is 127. The second kappa shape index (κ2) is 12.1. The van der Waals surface area contributed by atoms with Gasteiger partial charge in [-0.1, -0.05) is 25.0 Å². The van der Waals surface area contributed by atoms with Crippen molar-refractivity contribution >= 4 is 41.8 Å². The first kappa shape index (κ1) is 24.4. The second-order valence-corrected chi connectivity index (χ2v) is 7.88. The van der Waals surface area contributed by atoms with Gasteiger partial charge in [-0.05, 0) is 43.9 Å². The average Bonchev–Trinajstić information content (AvgIpc) is 3.43. The van der Waals surface area contributed by atoms with Crippen LogP contribution in [0, 0.1) is 5.92 Å². The Morgan fingerprint density at radius 3 is 2.43 bits per heavy atom. The zero-order chi connectivity index (χ0) is 20.6. The first-order chi connectivity index (χ1) is 14.1. The van der Waals surface area contributed by atoms with Gasteiger partial charge in [0.15, 0.2) is 5.96 Å². The molecule has 1 saturated heterocycles. The van der Waals surface area contributed by atoms with Crippen LogP contribution in [0.15, 0.2) is 29.3 Å². The smallest absolute Gasteiger partial charge is 0.251 e. The summed E-state index contributed by atoms with van der Waals surface area (Å²) in [7, 11) is 1.75. The molecule has 1 aromatic rings. The van der Waals surface area contributed by atoms with Crippen LogP contribution in [-0.4, -0.2) is 55.4 Å². The molecular weight excluding hydrogens is 493 g/mol. The minimum absolute atomic E-state index is 0. The van der Waals surface area contributed by atoms with Gasteiger partial charge in [-0.25, -0.2) is 0 Å². The molecule has 0 aromatic heterocycles. The Morgan fingerprint density at radius 1 is 1.10 bits per heavy atom. The summed E-state index contributed by atoms with van der Waals surface area (Å²) in [4.78, 5) is 30.8. The topological polar surface area (TPSA) is 85.8 Å². The summed E-state index contributed by atoms with van der Waals surface area (Å²) in [6, 6.07) is 7.79. The molecule has 1 unspecified atom stereocenters. The van der Waals surface area contributed by atoms with Crippen molar-refractivity contribution in [3.63, 3.8) is 0 Å². The van der Waals surface area contributed by atoms with Crippen molar-refractivity contribution in [2.24, 2.45) is 10.9 Å². The molecular formula is C22H34IN5O2. The molecule has 2 amide bonds. The lowest BCUT2D eigenvalue weighted by atomic mass is 10.1. The Morgan fingerprint density at radius 2 is 1.80 bits per heavy atom. The Hall–Kier alpha value is -1.84. The van der Waals surface area contributed by atoms with Gasteiger partial charge in [0.05, 0.1) is 0 Å². The van der Waals surface area contributed by atoms with E-state index in [1.807, 2.05) is 36.1 Å². The minimum Gasteiger partial charge on any atom is -0.352 e. The van der Waals surface area contributed by atoms with Crippen molar-refractivity contribution in [2.45, 2.75) is 51.6 Å². The average molecular weight is 527 g/mol. The molecule has 166 valence electrons. The maximum atomic E-state index is 12.6. The van der Waals surface area contributed by atoms with Crippen LogP contribution in [0.1, 0.15) is 54.9 Å². The number of carbonyl (C=O) groups is 2. The van der Waals surface area contributed by atoms with E-state index in [-0.39, 0.29) is 41.8 Å². The molecule has 0 bridgehead atoms. The molecule has 2 aliphatic rings. The third-order valence-corrected chi connectivity index (χ3v) is 5.78. The van der Waals surface area contributed by atoms with E-state index in [9.17, 15) is 9.59 Å². The fourth-order valence-electron chi connectivity index (χ4n) is 4.12. The lowest BCUT2D eigenvalue weighted by molar-refractivity contribution is -0.134. The molecule has 1 saturated carbocycles. The van der Waals surface area contributed by atoms with Gasteiger partial charge in [-0.15, -0.1) is 24.0 Å². The highest BCUT2D eigenvalue weighted by Crippen LogP contribution is 2.27. The molecule has 1 aliphatic carbocycles. The lowest BCUT2D eigenvalue weighted by Crippen LogP contribution is -2.45. The van der Waals surface area contributed by atoms with E-state index < -0.39 is 0 Å². The predicted octanol–water partition coefficient (Wildman–Crippen LogP) is 2.51. The molecule has 0 spiro atoms. The fourth-order valence-corrected chi connectivity index (χ4v) is 4.12. The van der Waals surface area contributed by atoms with Crippen molar-refractivity contribution in [2.75, 3.05) is 26.7 Å². The number of nitrogens with zero attached hydrogens (tertiary/aromatic N) is 2. The van der Waals surface area contributed by atoms with Crippen molar-refractivity contribution < 1.29 is 9.59 Å². The standard InChI is InChI=1S/C22H33N5O2.HI/c1-3-24-20(28)17-10-8-16(9-11-17)14-25-22(23-2)26-19-12-13-27(15-19)21(29)18-6-4-5-7-18;/h8-11,18-19H,3-7,12-15H2,1-2H3,(H,24,28)(H2,23,25,26);1H. The number of guanidine groups is 1. The number of hydrogen-bond acceptors (Lipinski definition) is 3. The van der Waals surface area contributed by atoms with E-state index in [2.05, 4.69) is 20.9 Å². The van der Waals surface area contributed by atoms with Crippen LogP contribution in [0.4, 0.5) is 0 Å². The normalized spacial score (nSPS) is 19.3. The van der Waals surface area contributed by atoms with Gasteiger partial charge in [0, 0.05) is 50.7 Å². The summed E-state index contributed by atoms with van der Waals surface area (Å²) in [5.41, 5.74) is 1.74. The first-order valence-electron chi connectivity index (χ1n) is 10.7. The number of carbonyl (C=O) groups excluding carboxylic acids is 2. The van der Waals surface area contributed by atoms with E-state index in [4.69, 9.17) is 0 Å². The minimum atomic E-state index is -0.0533. The van der Waals surface area contributed by atoms with Crippen molar-refractivity contribution in [3.05, 3.63) is 35.4 Å². The maximum absolute atomic E-state index is 12.6. The van der Waals surface area contributed by atoms with Crippen LogP contribution in [-0.2, 0) is 11.3 Å². The van der Waals surface area contributed by atoms with Crippen LogP contribution >= 0.6 is 24.0 Å². The molecule has 3 rings (SSSR count). The van der Waals surface area contributed by atoms with Crippen LogP contribution in [0.3, 0.4) is 0 Å². The number of benzene rings is 1. The number of hydrogen-bond donors (Lipinski definition) is 3. The van der Waals surface area contributed by atoms with Crippen molar-refractivity contribution in [1.29, 1.82) is 0 Å². The summed E-state index contributed by atoms with van der Waals surface area (Å²) < 4.78 is 0. The van der Waals surface area contributed by atoms with Gasteiger partial charge in [-0.2, -0.15) is 0 Å². The zero-order valence-electron chi connectivity index (χ0n) is 17.9. The summed E-state index contributed by atoms with van der Waals surface area (Å²) in [5.74, 6) is 1.26. The third-order valence-electron chi connectivity index (χ3n) is 5.78. The fraction of sp³-hybridized carbons (Fsp3) is 0.591. The highest BCUT2D eigenvalue weighted by Gasteiger charge is 2.32. The predicted molar refractivity (Wildman–Crippen MR) is 130 cm³/mol. The van der Waals surface area contributed by atoms with Gasteiger partial charge in [-0.3, -0.25) is 14.6 Å². The van der Waals surface area contributed by atoms with Gasteiger partial charge >= 0.3 is 0 Å². The van der Waals surface area contributed by atoms with Gasteiger partial charge in [0.1, 0.15) is 0 Å². The summed E-state index contributed by atoms with van der Waals surface area (Å²) in [6.07, 6.45) is 5.42. The van der Waals surface area contributed by atoms with Crippen LogP contribution < -0.4 is 16.0 Å². The Balaban J connectivity index is 0.00000320. The quantitative estimate of drug-likeness (QED) is 0.302. The second-order valence-electron chi connectivity index (χ2n) is 7.88. The van der Waals surface area contributed by atoms with Crippen LogP contribution in [0.25, 0.3) is 0 Å². The molecule has 1 aromatic carbocycles. The van der Waals surface area contributed by atoms with Gasteiger partial charge in [0.2, 0.25) is 5.91 Å². The van der Waals surface area contributed by atoms with Gasteiger partial charge < -0.3 is 20.9 Å². The monoisotopic (exact) mass is 527 g/mol. The summed E-state index contributed by atoms with van der Waals surface area (Å²) in [6.45, 7) is 4.72. The largest absolute Gasteiger partial charge is 0.352 e. The number of rotatable bonds is 6. The zero-order valence-corrected chi connectivity index (χ0v) is 20.3. The molecule has 1 aliphatic heterocycles. The van der Waals surface area contributed by atoms with E-state index in [0.717, 1.165) is 43.9 Å². The molecule has 3 N–H and O–H groups in total. The van der Waals surface area contributed by atoms with Crippen molar-refractivity contribution in [1.82, 2.24) is 20.9 Å². The molecule has 2 fully saturated rings. The van der Waals surface area contributed by atoms with Crippen LogP contribution in [0.5, 0.6) is 0 Å². The molecule has 1 heterocycles. The van der Waals surface area contributed by atoms with E-state index >= 15 is 0 Å². The number of halogens is 1. The molecule has 0 radical (unpaired) electrons. The highest BCUT2D eigenvalue weighted by molar-refractivity contribution is 14.0. The summed E-state index contributed by atoms with van der Waals surface area (Å²) in [5, 5.41) is 9.56. The molecule has 8 heteroatoms. The number of amides is 2. The van der Waals surface area contributed by atoms with E-state index in [1.54, 1.807) is 7.05 Å². The first-order valence-corrected chi connectivity index (χ1v) is 10.7.